The van der Waals surface area contributed by atoms with Gasteiger partial charge in [-0.05, 0) is 71.0 Å². The first kappa shape index (κ1) is 18.5. The van der Waals surface area contributed by atoms with E-state index in [2.05, 4.69) is 4.72 Å². The van der Waals surface area contributed by atoms with Crippen LogP contribution in [0.3, 0.4) is 0 Å². The molecule has 7 nitrogen and oxygen atoms in total. The number of phenols is 2. The molecule has 2 aromatic carbocycles. The first-order valence-electron chi connectivity index (χ1n) is 6.70. The normalized spacial score (nSPS) is 12.7. The molecule has 0 aliphatic heterocycles. The van der Waals surface area contributed by atoms with Crippen molar-refractivity contribution in [3.63, 3.8) is 0 Å². The fraction of sp³-hybridized carbons (Fsp3) is 0.133. The Hall–Kier alpha value is -1.85. The molecule has 24 heavy (non-hydrogen) atoms. The van der Waals surface area contributed by atoms with Gasteiger partial charge in [-0.2, -0.15) is 4.72 Å². The quantitative estimate of drug-likeness (QED) is 0.382. The van der Waals surface area contributed by atoms with E-state index in [0.29, 0.717) is 5.56 Å². The molecule has 0 fully saturated rings. The fourth-order valence-electron chi connectivity index (χ4n) is 1.98. The Balaban J connectivity index is 2.23. The second kappa shape index (κ2) is 7.36. The van der Waals surface area contributed by atoms with Crippen LogP contribution in [0.15, 0.2) is 47.4 Å². The summed E-state index contributed by atoms with van der Waals surface area (Å²) in [6.45, 7) is 0. The van der Waals surface area contributed by atoms with E-state index in [1.54, 1.807) is 12.1 Å². The van der Waals surface area contributed by atoms with Gasteiger partial charge < -0.3 is 15.3 Å². The van der Waals surface area contributed by atoms with Crippen molar-refractivity contribution >= 4 is 38.6 Å². The zero-order chi connectivity index (χ0) is 17.9. The number of carboxylic acids is 1. The SMILES string of the molecule is O=C(O)[C@@H](Cc1ccc(O)c(O)c1)NS(=O)(=O)c1ccc(I)cc1. The van der Waals surface area contributed by atoms with E-state index in [-0.39, 0.29) is 17.1 Å². The Morgan fingerprint density at radius 3 is 2.25 bits per heavy atom. The molecule has 0 aromatic heterocycles. The predicted molar refractivity (Wildman–Crippen MR) is 94.4 cm³/mol. The number of phenolic OH excluding ortho intramolecular Hbond substituents is 2. The molecule has 0 spiro atoms. The van der Waals surface area contributed by atoms with Crippen molar-refractivity contribution < 1.29 is 28.5 Å². The molecule has 4 N–H and O–H groups in total. The number of benzene rings is 2. The van der Waals surface area contributed by atoms with Gasteiger partial charge in [-0.25, -0.2) is 8.42 Å². The molecule has 1 atom stereocenters. The zero-order valence-corrected chi connectivity index (χ0v) is 15.2. The Morgan fingerprint density at radius 2 is 1.71 bits per heavy atom. The monoisotopic (exact) mass is 463 g/mol. The minimum atomic E-state index is -4.01. The first-order chi connectivity index (χ1) is 11.2. The van der Waals surface area contributed by atoms with Gasteiger partial charge in [-0.15, -0.1) is 0 Å². The van der Waals surface area contributed by atoms with Crippen molar-refractivity contribution in [1.29, 1.82) is 0 Å². The third-order valence-electron chi connectivity index (χ3n) is 3.20. The van der Waals surface area contributed by atoms with Crippen molar-refractivity contribution in [1.82, 2.24) is 4.72 Å². The third kappa shape index (κ3) is 4.58. The Bertz CT molecular complexity index is 851. The molecule has 0 bridgehead atoms. The van der Waals surface area contributed by atoms with E-state index in [1.165, 1.54) is 30.3 Å². The summed E-state index contributed by atoms with van der Waals surface area (Å²) in [4.78, 5) is 11.3. The second-order valence-electron chi connectivity index (χ2n) is 4.99. The van der Waals surface area contributed by atoms with Gasteiger partial charge in [-0.1, -0.05) is 6.07 Å². The molecule has 0 unspecified atom stereocenters. The lowest BCUT2D eigenvalue weighted by molar-refractivity contribution is -0.138. The van der Waals surface area contributed by atoms with Crippen molar-refractivity contribution in [3.8, 4) is 11.5 Å². The highest BCUT2D eigenvalue weighted by atomic mass is 127. The standard InChI is InChI=1S/C15H14INO6S/c16-10-2-4-11(5-3-10)24(22,23)17-12(15(20)21)7-9-1-6-13(18)14(19)8-9/h1-6,8,12,17-19H,7H2,(H,20,21)/t12-/m1/s1. The Labute approximate surface area is 152 Å². The van der Waals surface area contributed by atoms with E-state index in [0.717, 1.165) is 3.57 Å². The third-order valence-corrected chi connectivity index (χ3v) is 5.41. The van der Waals surface area contributed by atoms with Crippen LogP contribution in [0.2, 0.25) is 0 Å². The smallest absolute Gasteiger partial charge is 0.322 e. The summed E-state index contributed by atoms with van der Waals surface area (Å²) in [7, 11) is -4.01. The highest BCUT2D eigenvalue weighted by molar-refractivity contribution is 14.1. The number of hydrogen-bond acceptors (Lipinski definition) is 5. The summed E-state index contributed by atoms with van der Waals surface area (Å²) >= 11 is 2.03. The summed E-state index contributed by atoms with van der Waals surface area (Å²) in [5, 5.41) is 28.0. The average molecular weight is 463 g/mol. The van der Waals surface area contributed by atoms with Crippen LogP contribution >= 0.6 is 22.6 Å². The van der Waals surface area contributed by atoms with Gasteiger partial charge in [0.25, 0.3) is 0 Å². The lowest BCUT2D eigenvalue weighted by Gasteiger charge is -2.15. The fourth-order valence-corrected chi connectivity index (χ4v) is 3.53. The molecule has 0 aliphatic carbocycles. The first-order valence-corrected chi connectivity index (χ1v) is 9.27. The van der Waals surface area contributed by atoms with Gasteiger partial charge in [0, 0.05) is 3.57 Å². The van der Waals surface area contributed by atoms with Crippen molar-refractivity contribution in [3.05, 3.63) is 51.6 Å². The van der Waals surface area contributed by atoms with Gasteiger partial charge in [0.05, 0.1) is 4.90 Å². The molecule has 0 saturated heterocycles. The van der Waals surface area contributed by atoms with Crippen molar-refractivity contribution in [2.75, 3.05) is 0 Å². The van der Waals surface area contributed by atoms with Crippen LogP contribution in [0.25, 0.3) is 0 Å². The van der Waals surface area contributed by atoms with Gasteiger partial charge in [0.15, 0.2) is 11.5 Å². The molecule has 0 heterocycles. The van der Waals surface area contributed by atoms with Crippen LogP contribution in [-0.4, -0.2) is 35.7 Å². The second-order valence-corrected chi connectivity index (χ2v) is 7.95. The van der Waals surface area contributed by atoms with Gasteiger partial charge in [0.1, 0.15) is 6.04 Å². The maximum absolute atomic E-state index is 12.3. The van der Waals surface area contributed by atoms with Crippen LogP contribution in [0.4, 0.5) is 0 Å². The van der Waals surface area contributed by atoms with E-state index >= 15 is 0 Å². The van der Waals surface area contributed by atoms with Gasteiger partial charge in [0.2, 0.25) is 10.0 Å². The molecular weight excluding hydrogens is 449 g/mol. The van der Waals surface area contributed by atoms with Crippen LogP contribution in [0.1, 0.15) is 5.56 Å². The topological polar surface area (TPSA) is 124 Å². The molecule has 9 heteroatoms. The summed E-state index contributed by atoms with van der Waals surface area (Å²) < 4.78 is 27.6. The summed E-state index contributed by atoms with van der Waals surface area (Å²) in [5.74, 6) is -2.10. The molecule has 2 rings (SSSR count). The summed E-state index contributed by atoms with van der Waals surface area (Å²) in [6, 6.07) is 8.35. The van der Waals surface area contributed by atoms with E-state index < -0.39 is 27.8 Å². The lowest BCUT2D eigenvalue weighted by Crippen LogP contribution is -2.42. The highest BCUT2D eigenvalue weighted by Crippen LogP contribution is 2.25. The molecular formula is C15H14INO6S. The Morgan fingerprint density at radius 1 is 1.08 bits per heavy atom. The summed E-state index contributed by atoms with van der Waals surface area (Å²) in [5.41, 5.74) is 0.364. The minimum absolute atomic E-state index is 0.0391. The van der Waals surface area contributed by atoms with Crippen LogP contribution in [-0.2, 0) is 21.2 Å². The van der Waals surface area contributed by atoms with Crippen LogP contribution < -0.4 is 4.72 Å². The highest BCUT2D eigenvalue weighted by Gasteiger charge is 2.26. The summed E-state index contributed by atoms with van der Waals surface area (Å²) in [6.07, 6.45) is -0.188. The van der Waals surface area contributed by atoms with Crippen LogP contribution in [0, 0.1) is 3.57 Å². The van der Waals surface area contributed by atoms with Crippen molar-refractivity contribution in [2.24, 2.45) is 0 Å². The molecule has 0 radical (unpaired) electrons. The number of nitrogens with one attached hydrogen (secondary N) is 1. The number of rotatable bonds is 6. The van der Waals surface area contributed by atoms with E-state index in [4.69, 9.17) is 0 Å². The number of halogens is 1. The van der Waals surface area contributed by atoms with Gasteiger partial charge in [-0.3, -0.25) is 4.79 Å². The largest absolute Gasteiger partial charge is 0.504 e. The minimum Gasteiger partial charge on any atom is -0.504 e. The maximum atomic E-state index is 12.3. The van der Waals surface area contributed by atoms with Crippen molar-refractivity contribution in [2.45, 2.75) is 17.4 Å². The van der Waals surface area contributed by atoms with Crippen LogP contribution in [0.5, 0.6) is 11.5 Å². The maximum Gasteiger partial charge on any atom is 0.322 e. The number of carboxylic acid groups (broad SMARTS) is 1. The molecule has 0 aliphatic rings. The molecule has 2 aromatic rings. The number of hydrogen-bond donors (Lipinski definition) is 4. The van der Waals surface area contributed by atoms with Gasteiger partial charge >= 0.3 is 5.97 Å². The molecule has 0 amide bonds. The zero-order valence-electron chi connectivity index (χ0n) is 12.2. The molecule has 128 valence electrons. The predicted octanol–water partition coefficient (Wildman–Crippen LogP) is 1.68. The lowest BCUT2D eigenvalue weighted by atomic mass is 10.1. The average Bonchev–Trinajstić information content (AvgIpc) is 2.50. The number of sulfonamides is 1. The number of aliphatic carboxylic acids is 1. The number of aromatic hydroxyl groups is 2. The van der Waals surface area contributed by atoms with E-state index in [9.17, 15) is 28.5 Å². The number of carbonyl (C=O) groups is 1. The molecule has 0 saturated carbocycles. The van der Waals surface area contributed by atoms with E-state index in [1.807, 2.05) is 22.6 Å². The Kier molecular flexibility index (Phi) is 5.67.